The van der Waals surface area contributed by atoms with Crippen molar-refractivity contribution in [2.45, 2.75) is 12.5 Å². The van der Waals surface area contributed by atoms with Crippen LogP contribution in [-0.4, -0.2) is 45.1 Å². The normalized spacial score (nSPS) is 14.2. The summed E-state index contributed by atoms with van der Waals surface area (Å²) in [6.45, 7) is -1.20. The Hall–Kier alpha value is -0.300. The molecule has 1 atom stereocenters. The third kappa shape index (κ3) is 6.83. The molecule has 0 rings (SSSR count). The first-order valence-corrected chi connectivity index (χ1v) is 4.91. The average Bonchev–Trinajstić information content (AvgIpc) is 2.00. The van der Waals surface area contributed by atoms with E-state index in [0.29, 0.717) is 0 Å². The smallest absolute Gasteiger partial charge is 0.393 e. The highest BCUT2D eigenvalue weighted by Gasteiger charge is 2.17. The monoisotopic (exact) mass is 214 g/mol. The van der Waals surface area contributed by atoms with Crippen LogP contribution in [-0.2, 0) is 13.9 Å². The van der Waals surface area contributed by atoms with Crippen molar-refractivity contribution in [3.63, 3.8) is 0 Å². The second kappa shape index (κ2) is 5.43. The predicted molar refractivity (Wildman–Crippen MR) is 40.7 cm³/mol. The summed E-state index contributed by atoms with van der Waals surface area (Å²) in [5, 5.41) is 17.0. The minimum atomic E-state index is -4.56. The van der Waals surface area contributed by atoms with Crippen LogP contribution in [0.4, 0.5) is 0 Å². The van der Waals surface area contributed by atoms with E-state index < -0.39 is 32.9 Å². The van der Waals surface area contributed by atoms with Crippen LogP contribution in [0.25, 0.3) is 0 Å². The van der Waals surface area contributed by atoms with Crippen LogP contribution in [0.1, 0.15) is 6.42 Å². The molecule has 0 aliphatic carbocycles. The Morgan fingerprint density at radius 3 is 2.38 bits per heavy atom. The zero-order valence-electron chi connectivity index (χ0n) is 6.66. The van der Waals surface area contributed by atoms with Gasteiger partial charge in [-0.05, 0) is 0 Å². The summed E-state index contributed by atoms with van der Waals surface area (Å²) in [7, 11) is -4.56. The Balaban J connectivity index is 3.66. The van der Waals surface area contributed by atoms with Gasteiger partial charge in [0.05, 0.1) is 13.2 Å². The molecule has 0 saturated heterocycles. The van der Waals surface area contributed by atoms with Gasteiger partial charge >= 0.3 is 7.82 Å². The number of Topliss-reactive ketones (excluding diaryl/α,β-unsaturated/α-hetero) is 1. The highest BCUT2D eigenvalue weighted by atomic mass is 31.2. The number of aliphatic hydroxyl groups excluding tert-OH is 2. The van der Waals surface area contributed by atoms with Gasteiger partial charge in [-0.15, -0.1) is 0 Å². The maximum absolute atomic E-state index is 10.7. The average molecular weight is 214 g/mol. The largest absolute Gasteiger partial charge is 0.469 e. The van der Waals surface area contributed by atoms with Crippen molar-refractivity contribution in [2.24, 2.45) is 0 Å². The van der Waals surface area contributed by atoms with Crippen LogP contribution in [0.15, 0.2) is 0 Å². The fourth-order valence-corrected chi connectivity index (χ4v) is 0.863. The number of carbonyl (C=O) groups is 1. The van der Waals surface area contributed by atoms with Gasteiger partial charge < -0.3 is 20.0 Å². The highest BCUT2D eigenvalue weighted by molar-refractivity contribution is 7.46. The Bertz CT molecular complexity index is 209. The van der Waals surface area contributed by atoms with Crippen LogP contribution < -0.4 is 0 Å². The fourth-order valence-electron chi connectivity index (χ4n) is 0.534. The van der Waals surface area contributed by atoms with Crippen LogP contribution in [0.5, 0.6) is 0 Å². The summed E-state index contributed by atoms with van der Waals surface area (Å²) >= 11 is 0. The lowest BCUT2D eigenvalue weighted by atomic mass is 10.2. The molecular formula is C5H11O7P. The summed E-state index contributed by atoms with van der Waals surface area (Å²) in [5.41, 5.74) is 0. The van der Waals surface area contributed by atoms with Crippen molar-refractivity contribution in [1.29, 1.82) is 0 Å². The van der Waals surface area contributed by atoms with E-state index in [1.807, 2.05) is 0 Å². The fraction of sp³-hybridized carbons (Fsp3) is 0.800. The summed E-state index contributed by atoms with van der Waals surface area (Å²) in [6.07, 6.45) is -1.87. The molecule has 78 valence electrons. The molecule has 4 N–H and O–H groups in total. The van der Waals surface area contributed by atoms with Crippen molar-refractivity contribution in [3.8, 4) is 0 Å². The van der Waals surface area contributed by atoms with Crippen LogP contribution in [0.2, 0.25) is 0 Å². The lowest BCUT2D eigenvalue weighted by Crippen LogP contribution is -2.25. The van der Waals surface area contributed by atoms with Gasteiger partial charge in [0.1, 0.15) is 6.10 Å². The second-order valence-corrected chi connectivity index (χ2v) is 3.48. The van der Waals surface area contributed by atoms with Crippen molar-refractivity contribution >= 4 is 13.6 Å². The molecule has 0 aromatic heterocycles. The molecule has 0 bridgehead atoms. The Morgan fingerprint density at radius 1 is 1.46 bits per heavy atom. The number of ketones is 1. The van der Waals surface area contributed by atoms with E-state index in [9.17, 15) is 9.36 Å². The SMILES string of the molecule is O=C(CCOP(=O)(O)O)C(O)CO. The van der Waals surface area contributed by atoms with Crippen molar-refractivity contribution < 1.29 is 33.9 Å². The van der Waals surface area contributed by atoms with Gasteiger partial charge in [0, 0.05) is 6.42 Å². The van der Waals surface area contributed by atoms with E-state index in [1.165, 1.54) is 0 Å². The van der Waals surface area contributed by atoms with Gasteiger partial charge in [0.15, 0.2) is 5.78 Å². The van der Waals surface area contributed by atoms with Gasteiger partial charge in [-0.2, -0.15) is 0 Å². The zero-order valence-corrected chi connectivity index (χ0v) is 7.55. The van der Waals surface area contributed by atoms with E-state index in [-0.39, 0.29) is 6.42 Å². The molecule has 0 aliphatic heterocycles. The van der Waals surface area contributed by atoms with Crippen molar-refractivity contribution in [3.05, 3.63) is 0 Å². The molecule has 13 heavy (non-hydrogen) atoms. The standard InChI is InChI=1S/C5H11O7P/c6-3-5(8)4(7)1-2-12-13(9,10)11/h5-6,8H,1-3H2,(H2,9,10,11). The molecule has 8 heteroatoms. The number of hydrogen-bond donors (Lipinski definition) is 4. The van der Waals surface area contributed by atoms with Gasteiger partial charge in [0.2, 0.25) is 0 Å². The summed E-state index contributed by atoms with van der Waals surface area (Å²) < 4.78 is 14.0. The minimum Gasteiger partial charge on any atom is -0.393 e. The molecule has 0 saturated carbocycles. The number of carbonyl (C=O) groups excluding carboxylic acids is 1. The number of aliphatic hydroxyl groups is 2. The Labute approximate surface area is 74.2 Å². The molecule has 0 amide bonds. The van der Waals surface area contributed by atoms with E-state index >= 15 is 0 Å². The lowest BCUT2D eigenvalue weighted by Gasteiger charge is -2.06. The third-order valence-corrected chi connectivity index (χ3v) is 1.67. The van der Waals surface area contributed by atoms with Crippen LogP contribution in [0.3, 0.4) is 0 Å². The second-order valence-electron chi connectivity index (χ2n) is 2.24. The summed E-state index contributed by atoms with van der Waals surface area (Å²) in [4.78, 5) is 27.1. The van der Waals surface area contributed by atoms with Gasteiger partial charge in [0.25, 0.3) is 0 Å². The molecule has 0 aromatic carbocycles. The van der Waals surface area contributed by atoms with Gasteiger partial charge in [-0.3, -0.25) is 9.32 Å². The van der Waals surface area contributed by atoms with Crippen molar-refractivity contribution in [1.82, 2.24) is 0 Å². The van der Waals surface area contributed by atoms with E-state index in [0.717, 1.165) is 0 Å². The molecule has 0 heterocycles. The van der Waals surface area contributed by atoms with E-state index in [4.69, 9.17) is 20.0 Å². The first-order valence-electron chi connectivity index (χ1n) is 3.38. The third-order valence-electron chi connectivity index (χ3n) is 1.15. The number of hydrogen-bond acceptors (Lipinski definition) is 5. The predicted octanol–water partition coefficient (Wildman–Crippen LogP) is -1.59. The number of phosphoric ester groups is 1. The minimum absolute atomic E-state index is 0.354. The molecule has 0 aromatic rings. The Kier molecular flexibility index (Phi) is 5.31. The molecule has 0 radical (unpaired) electrons. The maximum Gasteiger partial charge on any atom is 0.469 e. The van der Waals surface area contributed by atoms with Crippen LogP contribution >= 0.6 is 7.82 Å². The van der Waals surface area contributed by atoms with Crippen LogP contribution in [0, 0.1) is 0 Å². The Morgan fingerprint density at radius 2 is 2.00 bits per heavy atom. The highest BCUT2D eigenvalue weighted by Crippen LogP contribution is 2.35. The molecular weight excluding hydrogens is 203 g/mol. The van der Waals surface area contributed by atoms with Crippen molar-refractivity contribution in [2.75, 3.05) is 13.2 Å². The number of rotatable bonds is 6. The topological polar surface area (TPSA) is 124 Å². The van der Waals surface area contributed by atoms with Gasteiger partial charge in [-0.25, -0.2) is 4.57 Å². The molecule has 0 fully saturated rings. The lowest BCUT2D eigenvalue weighted by molar-refractivity contribution is -0.129. The first kappa shape index (κ1) is 12.7. The molecule has 1 unspecified atom stereocenters. The quantitative estimate of drug-likeness (QED) is 0.393. The van der Waals surface area contributed by atoms with E-state index in [2.05, 4.69) is 4.52 Å². The first-order chi connectivity index (χ1) is 5.87. The van der Waals surface area contributed by atoms with Gasteiger partial charge in [-0.1, -0.05) is 0 Å². The summed E-state index contributed by atoms with van der Waals surface area (Å²) in [6, 6.07) is 0. The van der Waals surface area contributed by atoms with E-state index in [1.54, 1.807) is 0 Å². The summed E-state index contributed by atoms with van der Waals surface area (Å²) in [5.74, 6) is -0.726. The molecule has 0 aliphatic rings. The number of phosphoric acid groups is 1. The molecule has 7 nitrogen and oxygen atoms in total. The molecule has 0 spiro atoms. The maximum atomic E-state index is 10.7. The zero-order chi connectivity index (χ0) is 10.5.